The van der Waals surface area contributed by atoms with Crippen molar-refractivity contribution >= 4 is 40.0 Å². The molecule has 164 valence electrons. The number of hydrogen-bond donors (Lipinski definition) is 3. The normalized spacial score (nSPS) is 11.1. The second-order valence-corrected chi connectivity index (χ2v) is 8.47. The number of nitrogen functional groups attached to an aromatic ring is 1. The van der Waals surface area contributed by atoms with Gasteiger partial charge in [0.1, 0.15) is 5.69 Å². The van der Waals surface area contributed by atoms with Gasteiger partial charge in [0.25, 0.3) is 5.91 Å². The van der Waals surface area contributed by atoms with E-state index in [4.69, 9.17) is 34.0 Å². The molecule has 3 aromatic carbocycles. The maximum atomic E-state index is 12.8. The molecule has 0 bridgehead atoms. The molecule has 0 aliphatic heterocycles. The third kappa shape index (κ3) is 4.00. The highest BCUT2D eigenvalue weighted by molar-refractivity contribution is 6.31. The quantitative estimate of drug-likeness (QED) is 0.174. The van der Waals surface area contributed by atoms with Gasteiger partial charge in [0.05, 0.1) is 17.7 Å². The predicted molar refractivity (Wildman–Crippen MR) is 132 cm³/mol. The van der Waals surface area contributed by atoms with Crippen LogP contribution in [0.25, 0.3) is 33.4 Å². The van der Waals surface area contributed by atoms with Crippen LogP contribution in [0.5, 0.6) is 0 Å². The fourth-order valence-corrected chi connectivity index (χ4v) is 4.31. The topological polar surface area (TPSA) is 88.7 Å². The molecular weight excluding hydrogens is 457 g/mol. The molecule has 5 aromatic rings. The molecule has 0 unspecified atom stereocenters. The number of carbonyl (C=O) groups is 1. The Hall–Kier alpha value is -3.58. The molecule has 0 spiro atoms. The number of nitrogens with zero attached hydrogens (tertiary/aromatic N) is 2. The van der Waals surface area contributed by atoms with Crippen LogP contribution in [0.1, 0.15) is 16.1 Å². The molecule has 1 amide bonds. The Balaban J connectivity index is 1.79. The van der Waals surface area contributed by atoms with Gasteiger partial charge in [-0.2, -0.15) is 0 Å². The first-order chi connectivity index (χ1) is 16.0. The van der Waals surface area contributed by atoms with Crippen LogP contribution in [0.2, 0.25) is 10.0 Å². The number of amides is 1. The number of nitrogens with two attached hydrogens (primary N) is 1. The third-order valence-corrected chi connectivity index (χ3v) is 5.99. The van der Waals surface area contributed by atoms with E-state index in [1.165, 1.54) is 0 Å². The first-order valence-electron chi connectivity index (χ1n) is 10.2. The molecular formula is C25H19Cl2N5O. The standard InChI is InChI=1S/C25H19Cl2N5O/c26-17-8-6-15(7-9-17)13-32-14-29-22(16-4-2-1-3-5-16)24(32)21-19-11-10-18(27)12-20(19)30-23(21)25(33)31-28/h1-12,14,30H,13,28H2,(H,31,33). The number of imidazole rings is 1. The molecule has 2 heterocycles. The van der Waals surface area contributed by atoms with Crippen molar-refractivity contribution < 1.29 is 4.79 Å². The summed E-state index contributed by atoms with van der Waals surface area (Å²) in [5.41, 5.74) is 7.55. The smallest absolute Gasteiger partial charge is 0.282 e. The molecule has 0 saturated carbocycles. The van der Waals surface area contributed by atoms with Gasteiger partial charge in [-0.3, -0.25) is 10.2 Å². The summed E-state index contributed by atoms with van der Waals surface area (Å²) in [6.45, 7) is 0.538. The minimum atomic E-state index is -0.435. The Labute approximate surface area is 199 Å². The minimum absolute atomic E-state index is 0.338. The Bertz CT molecular complexity index is 1460. The highest BCUT2D eigenvalue weighted by atomic mass is 35.5. The summed E-state index contributed by atoms with van der Waals surface area (Å²) in [7, 11) is 0. The molecule has 5 rings (SSSR count). The molecule has 0 saturated heterocycles. The van der Waals surface area contributed by atoms with E-state index in [1.807, 2.05) is 65.2 Å². The van der Waals surface area contributed by atoms with Crippen LogP contribution in [-0.4, -0.2) is 20.4 Å². The number of aromatic nitrogens is 3. The summed E-state index contributed by atoms with van der Waals surface area (Å²) < 4.78 is 2.02. The molecule has 8 heteroatoms. The van der Waals surface area contributed by atoms with Crippen LogP contribution >= 0.6 is 23.2 Å². The Morgan fingerprint density at radius 3 is 2.45 bits per heavy atom. The van der Waals surface area contributed by atoms with E-state index in [1.54, 1.807) is 18.5 Å². The van der Waals surface area contributed by atoms with Gasteiger partial charge in [-0.1, -0.05) is 71.7 Å². The van der Waals surface area contributed by atoms with Crippen molar-refractivity contribution in [3.05, 3.63) is 100 Å². The zero-order chi connectivity index (χ0) is 22.9. The highest BCUT2D eigenvalue weighted by Crippen LogP contribution is 2.39. The van der Waals surface area contributed by atoms with E-state index >= 15 is 0 Å². The van der Waals surface area contributed by atoms with Crippen LogP contribution in [-0.2, 0) is 6.54 Å². The molecule has 2 aromatic heterocycles. The number of carbonyl (C=O) groups excluding carboxylic acids is 1. The van der Waals surface area contributed by atoms with Crippen LogP contribution < -0.4 is 11.3 Å². The van der Waals surface area contributed by atoms with Gasteiger partial charge in [-0.15, -0.1) is 0 Å². The second kappa shape index (κ2) is 8.75. The second-order valence-electron chi connectivity index (χ2n) is 7.60. The SMILES string of the molecule is NNC(=O)c1[nH]c2cc(Cl)ccc2c1-c1c(-c2ccccc2)ncn1Cc1ccc(Cl)cc1. The fraction of sp³-hybridized carbons (Fsp3) is 0.0400. The fourth-order valence-electron chi connectivity index (χ4n) is 4.02. The van der Waals surface area contributed by atoms with E-state index in [0.29, 0.717) is 27.8 Å². The number of aromatic amines is 1. The molecule has 0 aliphatic rings. The van der Waals surface area contributed by atoms with E-state index in [0.717, 1.165) is 33.4 Å². The zero-order valence-corrected chi connectivity index (χ0v) is 18.9. The number of nitrogens with one attached hydrogen (secondary N) is 2. The van der Waals surface area contributed by atoms with E-state index in [9.17, 15) is 4.79 Å². The summed E-state index contributed by atoms with van der Waals surface area (Å²) in [4.78, 5) is 20.7. The summed E-state index contributed by atoms with van der Waals surface area (Å²) in [5.74, 6) is 5.09. The van der Waals surface area contributed by atoms with Crippen molar-refractivity contribution in [2.75, 3.05) is 0 Å². The van der Waals surface area contributed by atoms with E-state index in [-0.39, 0.29) is 0 Å². The third-order valence-electron chi connectivity index (χ3n) is 5.51. The van der Waals surface area contributed by atoms with Gasteiger partial charge in [-0.25, -0.2) is 10.8 Å². The Kier molecular flexibility index (Phi) is 5.64. The van der Waals surface area contributed by atoms with Crippen molar-refractivity contribution in [1.82, 2.24) is 20.0 Å². The lowest BCUT2D eigenvalue weighted by Crippen LogP contribution is -2.30. The number of H-pyrrole nitrogens is 1. The average Bonchev–Trinajstić information content (AvgIpc) is 3.41. The van der Waals surface area contributed by atoms with Crippen molar-refractivity contribution in [2.45, 2.75) is 6.54 Å². The van der Waals surface area contributed by atoms with Gasteiger partial charge in [0.15, 0.2) is 0 Å². The maximum absolute atomic E-state index is 12.8. The number of rotatable bonds is 5. The number of halogens is 2. The summed E-state index contributed by atoms with van der Waals surface area (Å²) in [6.07, 6.45) is 1.78. The Morgan fingerprint density at radius 1 is 1.00 bits per heavy atom. The van der Waals surface area contributed by atoms with Crippen LogP contribution in [0.4, 0.5) is 0 Å². The molecule has 4 N–H and O–H groups in total. The lowest BCUT2D eigenvalue weighted by Gasteiger charge is -2.12. The minimum Gasteiger partial charge on any atom is -0.350 e. The average molecular weight is 476 g/mol. The van der Waals surface area contributed by atoms with Crippen LogP contribution in [0, 0.1) is 0 Å². The molecule has 0 aliphatic carbocycles. The predicted octanol–water partition coefficient (Wildman–Crippen LogP) is 5.66. The number of benzene rings is 3. The van der Waals surface area contributed by atoms with E-state index < -0.39 is 5.91 Å². The lowest BCUT2D eigenvalue weighted by molar-refractivity contribution is 0.0950. The number of fused-ring (bicyclic) bond motifs is 1. The maximum Gasteiger partial charge on any atom is 0.282 e. The van der Waals surface area contributed by atoms with Gasteiger partial charge in [-0.05, 0) is 29.8 Å². The molecule has 33 heavy (non-hydrogen) atoms. The van der Waals surface area contributed by atoms with Crippen molar-refractivity contribution in [2.24, 2.45) is 5.84 Å². The number of hydrogen-bond acceptors (Lipinski definition) is 3. The zero-order valence-electron chi connectivity index (χ0n) is 17.3. The van der Waals surface area contributed by atoms with Crippen molar-refractivity contribution in [3.63, 3.8) is 0 Å². The van der Waals surface area contributed by atoms with Crippen molar-refractivity contribution in [3.8, 4) is 22.5 Å². The molecule has 6 nitrogen and oxygen atoms in total. The first kappa shape index (κ1) is 21.3. The number of hydrazine groups is 1. The van der Waals surface area contributed by atoms with E-state index in [2.05, 4.69) is 10.4 Å². The monoisotopic (exact) mass is 475 g/mol. The van der Waals surface area contributed by atoms with Gasteiger partial charge in [0, 0.05) is 38.6 Å². The van der Waals surface area contributed by atoms with Gasteiger partial charge < -0.3 is 9.55 Å². The Morgan fingerprint density at radius 2 is 1.73 bits per heavy atom. The summed E-state index contributed by atoms with van der Waals surface area (Å²) in [5, 5.41) is 2.07. The highest BCUT2D eigenvalue weighted by Gasteiger charge is 2.25. The molecule has 0 fully saturated rings. The first-order valence-corrected chi connectivity index (χ1v) is 11.0. The summed E-state index contributed by atoms with van der Waals surface area (Å²) >= 11 is 12.3. The van der Waals surface area contributed by atoms with Crippen LogP contribution in [0.15, 0.2) is 79.1 Å². The molecule has 0 radical (unpaired) electrons. The summed E-state index contributed by atoms with van der Waals surface area (Å²) in [6, 6.07) is 23.0. The van der Waals surface area contributed by atoms with Crippen LogP contribution in [0.3, 0.4) is 0 Å². The van der Waals surface area contributed by atoms with Gasteiger partial charge >= 0.3 is 0 Å². The molecule has 0 atom stereocenters. The lowest BCUT2D eigenvalue weighted by atomic mass is 10.0. The van der Waals surface area contributed by atoms with Gasteiger partial charge in [0.2, 0.25) is 0 Å². The largest absolute Gasteiger partial charge is 0.350 e. The van der Waals surface area contributed by atoms with Crippen molar-refractivity contribution in [1.29, 1.82) is 0 Å².